The Labute approximate surface area is 224 Å². The lowest BCUT2D eigenvalue weighted by molar-refractivity contribution is -0.122. The number of primary sulfonamides is 1. The number of hydrogen-bond donors (Lipinski definition) is 1. The fourth-order valence-electron chi connectivity index (χ4n) is 4.07. The first-order chi connectivity index (χ1) is 17.9. The second-order valence-electron chi connectivity index (χ2n) is 8.45. The molecule has 2 amide bonds. The average Bonchev–Trinajstić information content (AvgIpc) is 3.17. The number of benzene rings is 3. The molecule has 1 fully saturated rings. The van der Waals surface area contributed by atoms with Gasteiger partial charge in [0.15, 0.2) is 0 Å². The molecule has 10 nitrogen and oxygen atoms in total. The Morgan fingerprint density at radius 1 is 0.921 bits per heavy atom. The molecule has 2 N–H and O–H groups in total. The fourth-order valence-corrected chi connectivity index (χ4v) is 6.29. The molecule has 0 aromatic heterocycles. The van der Waals surface area contributed by atoms with E-state index in [0.717, 1.165) is 9.21 Å². The number of anilines is 1. The Hall–Kier alpha value is -3.60. The van der Waals surface area contributed by atoms with Crippen molar-refractivity contribution in [3.8, 4) is 6.07 Å². The van der Waals surface area contributed by atoms with Crippen molar-refractivity contribution in [3.63, 3.8) is 0 Å². The van der Waals surface area contributed by atoms with Gasteiger partial charge >= 0.3 is 0 Å². The number of halogens is 1. The minimum Gasteiger partial charge on any atom is -0.274 e. The quantitative estimate of drug-likeness (QED) is 0.406. The summed E-state index contributed by atoms with van der Waals surface area (Å²) in [5, 5.41) is 14.5. The predicted octanol–water partition coefficient (Wildman–Crippen LogP) is 2.42. The number of nitrogens with two attached hydrogens (primary N) is 1. The second-order valence-corrected chi connectivity index (χ2v) is 12.3. The lowest BCUT2D eigenvalue weighted by atomic mass is 10.1. The molecule has 3 aromatic carbocycles. The van der Waals surface area contributed by atoms with Gasteiger partial charge in [0, 0.05) is 11.6 Å². The molecule has 0 saturated carbocycles. The molecular formula is C25H21ClN4O6S2. The minimum atomic E-state index is -4.26. The van der Waals surface area contributed by atoms with E-state index in [1.54, 1.807) is 0 Å². The lowest BCUT2D eigenvalue weighted by Crippen LogP contribution is -2.46. The van der Waals surface area contributed by atoms with Crippen LogP contribution in [-0.4, -0.2) is 45.5 Å². The van der Waals surface area contributed by atoms with Gasteiger partial charge in [-0.15, -0.1) is 0 Å². The van der Waals surface area contributed by atoms with Gasteiger partial charge in [-0.1, -0.05) is 23.7 Å². The van der Waals surface area contributed by atoms with Crippen molar-refractivity contribution in [2.75, 3.05) is 11.4 Å². The van der Waals surface area contributed by atoms with Crippen LogP contribution >= 0.6 is 11.6 Å². The molecule has 196 valence electrons. The molecule has 38 heavy (non-hydrogen) atoms. The molecule has 13 heteroatoms. The SMILES string of the molecule is N#Cc1ccc(N2C(=O)CC(N(CCc3ccc(S(N)(=O)=O)cc3)S(=O)(=O)c3ccc(Cl)cc3)C2=O)cc1. The van der Waals surface area contributed by atoms with Crippen LogP contribution in [0.3, 0.4) is 0 Å². The van der Waals surface area contributed by atoms with Gasteiger partial charge in [0.05, 0.1) is 33.5 Å². The van der Waals surface area contributed by atoms with Crippen molar-refractivity contribution in [3.05, 3.63) is 88.9 Å². The van der Waals surface area contributed by atoms with Gasteiger partial charge in [0.25, 0.3) is 5.91 Å². The first-order valence-corrected chi connectivity index (χ1v) is 14.5. The van der Waals surface area contributed by atoms with Crippen molar-refractivity contribution >= 4 is 49.1 Å². The Morgan fingerprint density at radius 2 is 1.50 bits per heavy atom. The van der Waals surface area contributed by atoms with Crippen LogP contribution in [-0.2, 0) is 36.1 Å². The van der Waals surface area contributed by atoms with Crippen molar-refractivity contribution < 1.29 is 26.4 Å². The molecular weight excluding hydrogens is 552 g/mol. The van der Waals surface area contributed by atoms with Crippen LogP contribution in [0.25, 0.3) is 0 Å². The van der Waals surface area contributed by atoms with Gasteiger partial charge in [0.2, 0.25) is 26.0 Å². The molecule has 1 unspecified atom stereocenters. The number of imide groups is 1. The van der Waals surface area contributed by atoms with E-state index >= 15 is 0 Å². The van der Waals surface area contributed by atoms with Crippen LogP contribution in [0.15, 0.2) is 82.6 Å². The highest BCUT2D eigenvalue weighted by molar-refractivity contribution is 7.89. The summed E-state index contributed by atoms with van der Waals surface area (Å²) in [6.45, 7) is -0.176. The molecule has 0 bridgehead atoms. The highest BCUT2D eigenvalue weighted by Gasteiger charge is 2.46. The van der Waals surface area contributed by atoms with Gasteiger partial charge in [-0.3, -0.25) is 9.59 Å². The molecule has 1 aliphatic rings. The van der Waals surface area contributed by atoms with Gasteiger partial charge in [0.1, 0.15) is 6.04 Å². The average molecular weight is 573 g/mol. The maximum Gasteiger partial charge on any atom is 0.252 e. The van der Waals surface area contributed by atoms with Crippen LogP contribution in [0.1, 0.15) is 17.5 Å². The van der Waals surface area contributed by atoms with Crippen molar-refractivity contribution in [2.45, 2.75) is 28.7 Å². The number of carbonyl (C=O) groups excluding carboxylic acids is 2. The zero-order chi connectivity index (χ0) is 27.7. The summed E-state index contributed by atoms with van der Waals surface area (Å²) in [5.41, 5.74) is 1.16. The Balaban J connectivity index is 1.67. The normalized spacial score (nSPS) is 16.2. The van der Waals surface area contributed by atoms with Crippen molar-refractivity contribution in [1.29, 1.82) is 5.26 Å². The summed E-state index contributed by atoms with van der Waals surface area (Å²) in [6.07, 6.45) is -0.261. The largest absolute Gasteiger partial charge is 0.274 e. The Kier molecular flexibility index (Phi) is 7.68. The van der Waals surface area contributed by atoms with Crippen LogP contribution in [0.4, 0.5) is 5.69 Å². The van der Waals surface area contributed by atoms with Gasteiger partial charge in [-0.05, 0) is 72.6 Å². The topological polar surface area (TPSA) is 159 Å². The van der Waals surface area contributed by atoms with Crippen molar-refractivity contribution in [2.24, 2.45) is 5.14 Å². The number of amides is 2. The minimum absolute atomic E-state index is 0.0958. The molecule has 1 aliphatic heterocycles. The summed E-state index contributed by atoms with van der Waals surface area (Å²) in [5.74, 6) is -1.31. The number of hydrogen-bond acceptors (Lipinski definition) is 7. The summed E-state index contributed by atoms with van der Waals surface area (Å²) < 4.78 is 51.4. The maximum absolute atomic E-state index is 13.7. The molecule has 0 aliphatic carbocycles. The van der Waals surface area contributed by atoms with E-state index in [2.05, 4.69) is 0 Å². The predicted molar refractivity (Wildman–Crippen MR) is 139 cm³/mol. The third kappa shape index (κ3) is 5.62. The summed E-state index contributed by atoms with van der Waals surface area (Å²) in [7, 11) is -8.16. The van der Waals surface area contributed by atoms with E-state index < -0.39 is 37.9 Å². The highest BCUT2D eigenvalue weighted by atomic mass is 35.5. The first-order valence-electron chi connectivity index (χ1n) is 11.2. The molecule has 0 radical (unpaired) electrons. The second kappa shape index (κ2) is 10.6. The summed E-state index contributed by atoms with van der Waals surface area (Å²) in [6, 6.07) is 17.5. The third-order valence-electron chi connectivity index (χ3n) is 6.02. The summed E-state index contributed by atoms with van der Waals surface area (Å²) in [4.78, 5) is 27.1. The molecule has 3 aromatic rings. The number of carbonyl (C=O) groups is 2. The molecule has 4 rings (SSSR count). The Bertz CT molecular complexity index is 1630. The van der Waals surface area contributed by atoms with E-state index in [4.69, 9.17) is 22.0 Å². The van der Waals surface area contributed by atoms with E-state index in [-0.39, 0.29) is 34.9 Å². The number of nitriles is 1. The number of sulfonamides is 2. The lowest BCUT2D eigenvalue weighted by Gasteiger charge is -2.27. The highest BCUT2D eigenvalue weighted by Crippen LogP contribution is 2.30. The van der Waals surface area contributed by atoms with Gasteiger partial charge in [-0.25, -0.2) is 26.9 Å². The van der Waals surface area contributed by atoms with Crippen LogP contribution in [0.2, 0.25) is 5.02 Å². The van der Waals surface area contributed by atoms with Crippen molar-refractivity contribution in [1.82, 2.24) is 4.31 Å². The zero-order valence-corrected chi connectivity index (χ0v) is 22.1. The molecule has 1 atom stereocenters. The monoisotopic (exact) mass is 572 g/mol. The van der Waals surface area contributed by atoms with Gasteiger partial charge < -0.3 is 0 Å². The Morgan fingerprint density at radius 3 is 2.05 bits per heavy atom. The zero-order valence-electron chi connectivity index (χ0n) is 19.7. The third-order valence-corrected chi connectivity index (χ3v) is 9.12. The van der Waals surface area contributed by atoms with Gasteiger partial charge in [-0.2, -0.15) is 9.57 Å². The standard InChI is InChI=1S/C25H21ClN4O6S2/c26-19-5-11-22(12-6-19)38(35,36)29(14-13-17-3-9-21(10-4-17)37(28,33)34)23-15-24(31)30(25(23)32)20-7-1-18(16-27)2-8-20/h1-12,23H,13-15H2,(H2,28,33,34). The number of rotatable bonds is 8. The maximum atomic E-state index is 13.7. The molecule has 1 heterocycles. The smallest absolute Gasteiger partial charge is 0.252 e. The summed E-state index contributed by atoms with van der Waals surface area (Å²) >= 11 is 5.92. The molecule has 1 saturated heterocycles. The van der Waals surface area contributed by atoms with E-state index in [9.17, 15) is 26.4 Å². The fraction of sp³-hybridized carbons (Fsp3) is 0.160. The van der Waals surface area contributed by atoms with E-state index in [1.165, 1.54) is 72.8 Å². The van der Waals surface area contributed by atoms with E-state index in [0.29, 0.717) is 16.1 Å². The van der Waals surface area contributed by atoms with E-state index in [1.807, 2.05) is 6.07 Å². The van der Waals surface area contributed by atoms with Crippen LogP contribution < -0.4 is 10.0 Å². The van der Waals surface area contributed by atoms with Crippen LogP contribution in [0.5, 0.6) is 0 Å². The van der Waals surface area contributed by atoms with Crippen LogP contribution in [0, 0.1) is 11.3 Å². The first kappa shape index (κ1) is 27.4. The number of nitrogens with zero attached hydrogens (tertiary/aromatic N) is 3. The molecule has 0 spiro atoms.